The van der Waals surface area contributed by atoms with Gasteiger partial charge in [0.25, 0.3) is 0 Å². The van der Waals surface area contributed by atoms with E-state index in [2.05, 4.69) is 11.8 Å². The van der Waals surface area contributed by atoms with Crippen LogP contribution in [0.2, 0.25) is 0 Å². The van der Waals surface area contributed by atoms with E-state index < -0.39 is 0 Å². The molecule has 2 nitrogen and oxygen atoms in total. The second-order valence-electron chi connectivity index (χ2n) is 3.62. The smallest absolute Gasteiger partial charge is 0.110 e. The molecule has 0 aromatic rings. The van der Waals surface area contributed by atoms with Gasteiger partial charge in [0.15, 0.2) is 0 Å². The van der Waals surface area contributed by atoms with E-state index in [-0.39, 0.29) is 0 Å². The number of hydrogen-bond acceptors (Lipinski definition) is 2. The van der Waals surface area contributed by atoms with Crippen LogP contribution < -0.4 is 0 Å². The van der Waals surface area contributed by atoms with Gasteiger partial charge in [-0.15, -0.1) is 0 Å². The molecule has 2 heterocycles. The largest absolute Gasteiger partial charge is 0.363 e. The van der Waals surface area contributed by atoms with E-state index >= 15 is 0 Å². The van der Waals surface area contributed by atoms with Crippen LogP contribution in [-0.2, 0) is 4.74 Å². The Morgan fingerprint density at radius 3 is 2.82 bits per heavy atom. The Kier molecular flexibility index (Phi) is 2.14. The summed E-state index contributed by atoms with van der Waals surface area (Å²) < 4.78 is 5.58. The van der Waals surface area contributed by atoms with Crippen LogP contribution >= 0.6 is 0 Å². The molecule has 2 rings (SSSR count). The molecule has 0 saturated carbocycles. The van der Waals surface area contributed by atoms with Crippen LogP contribution in [0, 0.1) is 12.8 Å². The van der Waals surface area contributed by atoms with Gasteiger partial charge in [-0.1, -0.05) is 0 Å². The van der Waals surface area contributed by atoms with E-state index in [4.69, 9.17) is 4.74 Å². The van der Waals surface area contributed by atoms with E-state index in [0.717, 1.165) is 13.2 Å². The van der Waals surface area contributed by atoms with Gasteiger partial charge in [-0.2, -0.15) is 0 Å². The first-order chi connectivity index (χ1) is 5.36. The maximum Gasteiger partial charge on any atom is 0.110 e. The molecule has 1 radical (unpaired) electrons. The third kappa shape index (κ3) is 1.57. The maximum atomic E-state index is 5.58. The highest BCUT2D eigenvalue weighted by molar-refractivity contribution is 4.80. The standard InChI is InChI=1S/C9H16NO/c1-8-4-5-10(7-8)9-3-2-6-11-9/h8-9H,1-7H2. The van der Waals surface area contributed by atoms with Crippen molar-refractivity contribution in [1.82, 2.24) is 4.90 Å². The second kappa shape index (κ2) is 3.11. The van der Waals surface area contributed by atoms with Crippen LogP contribution in [0.4, 0.5) is 0 Å². The summed E-state index contributed by atoms with van der Waals surface area (Å²) >= 11 is 0. The summed E-state index contributed by atoms with van der Waals surface area (Å²) in [6.45, 7) is 7.36. The highest BCUT2D eigenvalue weighted by Gasteiger charge is 2.28. The van der Waals surface area contributed by atoms with Crippen LogP contribution in [0.25, 0.3) is 0 Å². The van der Waals surface area contributed by atoms with Gasteiger partial charge >= 0.3 is 0 Å². The van der Waals surface area contributed by atoms with Crippen molar-refractivity contribution in [2.75, 3.05) is 19.7 Å². The van der Waals surface area contributed by atoms with Crippen LogP contribution in [0.15, 0.2) is 0 Å². The number of hydrogen-bond donors (Lipinski definition) is 0. The fraction of sp³-hybridized carbons (Fsp3) is 0.889. The first-order valence-corrected chi connectivity index (χ1v) is 4.55. The minimum Gasteiger partial charge on any atom is -0.363 e. The van der Waals surface area contributed by atoms with Gasteiger partial charge in [0.2, 0.25) is 0 Å². The second-order valence-corrected chi connectivity index (χ2v) is 3.62. The molecular weight excluding hydrogens is 138 g/mol. The Hall–Kier alpha value is -0.0800. The Balaban J connectivity index is 1.85. The molecule has 0 aromatic heterocycles. The Morgan fingerprint density at radius 1 is 1.36 bits per heavy atom. The van der Waals surface area contributed by atoms with E-state index in [1.165, 1.54) is 25.8 Å². The summed E-state index contributed by atoms with van der Waals surface area (Å²) in [5.74, 6) is 0.638. The van der Waals surface area contributed by atoms with Crippen molar-refractivity contribution >= 4 is 0 Å². The first kappa shape index (κ1) is 7.56. The van der Waals surface area contributed by atoms with Gasteiger partial charge < -0.3 is 4.74 Å². The molecule has 0 amide bonds. The van der Waals surface area contributed by atoms with Crippen molar-refractivity contribution in [3.63, 3.8) is 0 Å². The summed E-state index contributed by atoms with van der Waals surface area (Å²) in [5.41, 5.74) is 0. The molecule has 2 atom stereocenters. The lowest BCUT2D eigenvalue weighted by Gasteiger charge is -2.22. The molecule has 11 heavy (non-hydrogen) atoms. The van der Waals surface area contributed by atoms with Crippen molar-refractivity contribution in [2.24, 2.45) is 5.92 Å². The lowest BCUT2D eigenvalue weighted by molar-refractivity contribution is -0.00742. The minimum absolute atomic E-state index is 0.432. The summed E-state index contributed by atoms with van der Waals surface area (Å²) in [5, 5.41) is 0. The molecule has 0 aliphatic carbocycles. The monoisotopic (exact) mass is 154 g/mol. The Morgan fingerprint density at radius 2 is 2.27 bits per heavy atom. The predicted octanol–water partition coefficient (Wildman–Crippen LogP) is 1.28. The van der Waals surface area contributed by atoms with Gasteiger partial charge in [0.05, 0.1) is 0 Å². The number of nitrogens with zero attached hydrogens (tertiary/aromatic N) is 1. The number of likely N-dealkylation sites (tertiary alicyclic amines) is 1. The van der Waals surface area contributed by atoms with Crippen LogP contribution in [0.5, 0.6) is 0 Å². The minimum atomic E-state index is 0.432. The molecule has 2 aliphatic heterocycles. The van der Waals surface area contributed by atoms with Crippen molar-refractivity contribution in [1.29, 1.82) is 0 Å². The van der Waals surface area contributed by atoms with E-state index in [1.807, 2.05) is 0 Å². The van der Waals surface area contributed by atoms with E-state index in [0.29, 0.717) is 12.1 Å². The summed E-state index contributed by atoms with van der Waals surface area (Å²) in [6, 6.07) is 0. The highest BCUT2D eigenvalue weighted by atomic mass is 16.5. The van der Waals surface area contributed by atoms with Crippen LogP contribution in [-0.4, -0.2) is 30.8 Å². The zero-order valence-electron chi connectivity index (χ0n) is 6.96. The third-order valence-corrected chi connectivity index (χ3v) is 2.63. The fourth-order valence-corrected chi connectivity index (χ4v) is 1.97. The van der Waals surface area contributed by atoms with Crippen LogP contribution in [0.1, 0.15) is 19.3 Å². The molecule has 2 aliphatic rings. The number of ether oxygens (including phenoxy) is 1. The quantitative estimate of drug-likeness (QED) is 0.564. The summed E-state index contributed by atoms with van der Waals surface area (Å²) in [7, 11) is 0. The summed E-state index contributed by atoms with van der Waals surface area (Å²) in [6.07, 6.45) is 4.15. The fourth-order valence-electron chi connectivity index (χ4n) is 1.97. The Labute approximate surface area is 68.5 Å². The zero-order valence-corrected chi connectivity index (χ0v) is 6.96. The van der Waals surface area contributed by atoms with Crippen molar-refractivity contribution in [3.8, 4) is 0 Å². The molecule has 0 spiro atoms. The lowest BCUT2D eigenvalue weighted by atomic mass is 10.2. The van der Waals surface area contributed by atoms with Crippen molar-refractivity contribution < 1.29 is 4.74 Å². The molecule has 2 saturated heterocycles. The molecule has 0 aromatic carbocycles. The molecule has 0 bridgehead atoms. The Bertz CT molecular complexity index is 132. The number of rotatable bonds is 1. The van der Waals surface area contributed by atoms with E-state index in [9.17, 15) is 0 Å². The van der Waals surface area contributed by atoms with Gasteiger partial charge in [-0.25, -0.2) is 0 Å². The average Bonchev–Trinajstić information content (AvgIpc) is 2.55. The van der Waals surface area contributed by atoms with Gasteiger partial charge in [-0.05, 0) is 32.1 Å². The molecule has 0 N–H and O–H groups in total. The lowest BCUT2D eigenvalue weighted by Crippen LogP contribution is -2.32. The van der Waals surface area contributed by atoms with Gasteiger partial charge in [0, 0.05) is 19.7 Å². The molecule has 2 heteroatoms. The highest BCUT2D eigenvalue weighted by Crippen LogP contribution is 2.23. The maximum absolute atomic E-state index is 5.58. The average molecular weight is 154 g/mol. The van der Waals surface area contributed by atoms with Gasteiger partial charge in [-0.3, -0.25) is 4.90 Å². The summed E-state index contributed by atoms with van der Waals surface area (Å²) in [4.78, 5) is 2.44. The van der Waals surface area contributed by atoms with Crippen molar-refractivity contribution in [3.05, 3.63) is 6.92 Å². The van der Waals surface area contributed by atoms with Gasteiger partial charge in [0.1, 0.15) is 6.23 Å². The molecular formula is C9H16NO. The van der Waals surface area contributed by atoms with Crippen LogP contribution in [0.3, 0.4) is 0 Å². The van der Waals surface area contributed by atoms with E-state index in [1.54, 1.807) is 0 Å². The zero-order chi connectivity index (χ0) is 7.68. The molecule has 2 unspecified atom stereocenters. The third-order valence-electron chi connectivity index (χ3n) is 2.63. The van der Waals surface area contributed by atoms with Crippen molar-refractivity contribution in [2.45, 2.75) is 25.5 Å². The molecule has 63 valence electrons. The predicted molar refractivity (Wildman–Crippen MR) is 44.0 cm³/mol. The first-order valence-electron chi connectivity index (χ1n) is 4.55. The topological polar surface area (TPSA) is 12.5 Å². The normalized spacial score (nSPS) is 40.1. The molecule has 2 fully saturated rings. The SMILES string of the molecule is [CH2]C1CCN(C2CCCO2)C1.